The number of hydrogen-bond acceptors (Lipinski definition) is 4. The van der Waals surface area contributed by atoms with E-state index in [2.05, 4.69) is 0 Å². The molecule has 1 heterocycles. The summed E-state index contributed by atoms with van der Waals surface area (Å²) in [7, 11) is 1.55. The van der Waals surface area contributed by atoms with E-state index in [0.29, 0.717) is 26.9 Å². The predicted molar refractivity (Wildman–Crippen MR) is 70.2 cm³/mol. The van der Waals surface area contributed by atoms with Crippen molar-refractivity contribution in [3.63, 3.8) is 0 Å². The number of methoxy groups -OCH3 is 1. The van der Waals surface area contributed by atoms with Crippen molar-refractivity contribution in [3.8, 4) is 5.75 Å². The molecule has 0 radical (unpaired) electrons. The Labute approximate surface area is 108 Å². The quantitative estimate of drug-likeness (QED) is 0.686. The summed E-state index contributed by atoms with van der Waals surface area (Å²) in [6, 6.07) is 6.66. The molecule has 0 saturated carbocycles. The number of nitrogen functional groups attached to an aromatic ring is 1. The van der Waals surface area contributed by atoms with Crippen LogP contribution in [-0.4, -0.2) is 12.9 Å². The maximum atomic E-state index is 12.2. The fourth-order valence-electron chi connectivity index (χ4n) is 1.45. The van der Waals surface area contributed by atoms with Gasteiger partial charge in [-0.15, -0.1) is 11.3 Å². The Hall–Kier alpha value is -1.52. The number of nitrogens with two attached hydrogens (primary N) is 1. The normalized spacial score (nSPS) is 10.2. The van der Waals surface area contributed by atoms with Crippen LogP contribution in [0.5, 0.6) is 5.75 Å². The molecule has 2 rings (SSSR count). The second kappa shape index (κ2) is 4.77. The number of halogens is 1. The monoisotopic (exact) mass is 267 g/mol. The first-order valence-electron chi connectivity index (χ1n) is 4.84. The SMILES string of the molecule is COc1ccc(C(=O)c2sccc2Cl)c(N)c1. The Kier molecular flexibility index (Phi) is 3.36. The highest BCUT2D eigenvalue weighted by Gasteiger charge is 2.17. The van der Waals surface area contributed by atoms with Gasteiger partial charge < -0.3 is 10.5 Å². The number of anilines is 1. The first-order valence-corrected chi connectivity index (χ1v) is 6.10. The number of carbonyl (C=O) groups is 1. The fourth-order valence-corrected chi connectivity index (χ4v) is 2.55. The van der Waals surface area contributed by atoms with Crippen molar-refractivity contribution in [2.45, 2.75) is 0 Å². The summed E-state index contributed by atoms with van der Waals surface area (Å²) in [5, 5.41) is 2.23. The lowest BCUT2D eigenvalue weighted by molar-refractivity contribution is 0.104. The molecule has 2 aromatic rings. The number of thiophene rings is 1. The van der Waals surface area contributed by atoms with E-state index in [0.717, 1.165) is 0 Å². The largest absolute Gasteiger partial charge is 0.497 e. The summed E-state index contributed by atoms with van der Waals surface area (Å²) in [6.45, 7) is 0. The number of carbonyl (C=O) groups excluding carboxylic acids is 1. The van der Waals surface area contributed by atoms with Crippen molar-refractivity contribution in [2.75, 3.05) is 12.8 Å². The van der Waals surface area contributed by atoms with E-state index in [4.69, 9.17) is 22.1 Å². The molecule has 0 bridgehead atoms. The smallest absolute Gasteiger partial charge is 0.206 e. The zero-order valence-corrected chi connectivity index (χ0v) is 10.6. The molecule has 0 atom stereocenters. The average Bonchev–Trinajstić information content (AvgIpc) is 2.74. The van der Waals surface area contributed by atoms with Crippen LogP contribution in [0.4, 0.5) is 5.69 Å². The van der Waals surface area contributed by atoms with Gasteiger partial charge in [-0.25, -0.2) is 0 Å². The minimum Gasteiger partial charge on any atom is -0.497 e. The van der Waals surface area contributed by atoms with Crippen LogP contribution in [0.3, 0.4) is 0 Å². The Bertz CT molecular complexity index is 565. The van der Waals surface area contributed by atoms with Crippen LogP contribution in [0.15, 0.2) is 29.6 Å². The summed E-state index contributed by atoms with van der Waals surface area (Å²) < 4.78 is 5.03. The molecule has 1 aromatic heterocycles. The van der Waals surface area contributed by atoms with Gasteiger partial charge in [0.15, 0.2) is 0 Å². The molecular formula is C12H10ClNO2S. The molecule has 2 N–H and O–H groups in total. The third-order valence-corrected chi connectivity index (χ3v) is 3.67. The molecule has 0 unspecified atom stereocenters. The highest BCUT2D eigenvalue weighted by Crippen LogP contribution is 2.28. The van der Waals surface area contributed by atoms with Crippen LogP contribution >= 0.6 is 22.9 Å². The van der Waals surface area contributed by atoms with Gasteiger partial charge in [-0.05, 0) is 23.6 Å². The molecule has 88 valence electrons. The number of ether oxygens (including phenoxy) is 1. The molecule has 0 aliphatic heterocycles. The van der Waals surface area contributed by atoms with E-state index in [1.807, 2.05) is 0 Å². The summed E-state index contributed by atoms with van der Waals surface area (Å²) in [5.74, 6) is 0.460. The van der Waals surface area contributed by atoms with E-state index >= 15 is 0 Å². The van der Waals surface area contributed by atoms with Crippen LogP contribution in [0.2, 0.25) is 5.02 Å². The van der Waals surface area contributed by atoms with Crippen molar-refractivity contribution in [1.82, 2.24) is 0 Å². The molecule has 17 heavy (non-hydrogen) atoms. The van der Waals surface area contributed by atoms with Gasteiger partial charge in [0, 0.05) is 17.3 Å². The summed E-state index contributed by atoms with van der Waals surface area (Å²) in [5.41, 5.74) is 6.64. The number of ketones is 1. The zero-order valence-electron chi connectivity index (χ0n) is 9.07. The average molecular weight is 268 g/mol. The molecular weight excluding hydrogens is 258 g/mol. The van der Waals surface area contributed by atoms with Crippen LogP contribution in [0, 0.1) is 0 Å². The van der Waals surface area contributed by atoms with Crippen LogP contribution < -0.4 is 10.5 Å². The highest BCUT2D eigenvalue weighted by molar-refractivity contribution is 7.13. The Morgan fingerprint density at radius 2 is 2.18 bits per heavy atom. The van der Waals surface area contributed by atoms with Crippen LogP contribution in [0.25, 0.3) is 0 Å². The first kappa shape index (κ1) is 12.0. The Morgan fingerprint density at radius 1 is 1.41 bits per heavy atom. The topological polar surface area (TPSA) is 52.3 Å². The lowest BCUT2D eigenvalue weighted by Crippen LogP contribution is -2.04. The van der Waals surface area contributed by atoms with E-state index in [-0.39, 0.29) is 5.78 Å². The standard InChI is InChI=1S/C12H10ClNO2S/c1-16-7-2-3-8(10(14)6-7)11(15)12-9(13)4-5-17-12/h2-6H,14H2,1H3. The molecule has 3 nitrogen and oxygen atoms in total. The molecule has 0 saturated heterocycles. The Balaban J connectivity index is 2.41. The summed E-state index contributed by atoms with van der Waals surface area (Å²) in [6.07, 6.45) is 0. The molecule has 0 fully saturated rings. The lowest BCUT2D eigenvalue weighted by Gasteiger charge is -2.06. The maximum Gasteiger partial charge on any atom is 0.206 e. The fraction of sp³-hybridized carbons (Fsp3) is 0.0833. The van der Waals surface area contributed by atoms with Gasteiger partial charge in [0.2, 0.25) is 5.78 Å². The number of benzene rings is 1. The number of hydrogen-bond donors (Lipinski definition) is 1. The van der Waals surface area contributed by atoms with Gasteiger partial charge in [-0.1, -0.05) is 11.6 Å². The lowest BCUT2D eigenvalue weighted by atomic mass is 10.1. The van der Waals surface area contributed by atoms with Gasteiger partial charge in [0.1, 0.15) is 5.75 Å². The van der Waals surface area contributed by atoms with Gasteiger partial charge in [0.05, 0.1) is 17.0 Å². The van der Waals surface area contributed by atoms with Gasteiger partial charge in [-0.3, -0.25) is 4.79 Å². The van der Waals surface area contributed by atoms with Gasteiger partial charge >= 0.3 is 0 Å². The van der Waals surface area contributed by atoms with Crippen molar-refractivity contribution in [1.29, 1.82) is 0 Å². The number of rotatable bonds is 3. The van der Waals surface area contributed by atoms with E-state index in [1.54, 1.807) is 36.8 Å². The molecule has 5 heteroatoms. The minimum atomic E-state index is -0.162. The molecule has 0 aliphatic rings. The third kappa shape index (κ3) is 2.28. The van der Waals surface area contributed by atoms with Gasteiger partial charge in [-0.2, -0.15) is 0 Å². The second-order valence-electron chi connectivity index (χ2n) is 3.38. The Morgan fingerprint density at radius 3 is 2.71 bits per heavy atom. The van der Waals surface area contributed by atoms with Crippen LogP contribution in [-0.2, 0) is 0 Å². The minimum absolute atomic E-state index is 0.162. The summed E-state index contributed by atoms with van der Waals surface area (Å²) >= 11 is 7.22. The predicted octanol–water partition coefficient (Wildman–Crippen LogP) is 3.22. The summed E-state index contributed by atoms with van der Waals surface area (Å²) in [4.78, 5) is 12.7. The molecule has 0 amide bonds. The van der Waals surface area contributed by atoms with Crippen LogP contribution in [0.1, 0.15) is 15.2 Å². The van der Waals surface area contributed by atoms with E-state index in [1.165, 1.54) is 11.3 Å². The highest BCUT2D eigenvalue weighted by atomic mass is 35.5. The molecule has 0 aliphatic carbocycles. The van der Waals surface area contributed by atoms with E-state index < -0.39 is 0 Å². The van der Waals surface area contributed by atoms with Crippen molar-refractivity contribution < 1.29 is 9.53 Å². The first-order chi connectivity index (χ1) is 8.13. The molecule has 0 spiro atoms. The van der Waals surface area contributed by atoms with Crippen molar-refractivity contribution in [2.24, 2.45) is 0 Å². The van der Waals surface area contributed by atoms with E-state index in [9.17, 15) is 4.79 Å². The van der Waals surface area contributed by atoms with Crippen molar-refractivity contribution in [3.05, 3.63) is 45.1 Å². The third-order valence-electron chi connectivity index (χ3n) is 2.33. The maximum absolute atomic E-state index is 12.2. The second-order valence-corrected chi connectivity index (χ2v) is 4.70. The zero-order chi connectivity index (χ0) is 12.4. The van der Waals surface area contributed by atoms with Gasteiger partial charge in [0.25, 0.3) is 0 Å². The molecule has 1 aromatic carbocycles. The van der Waals surface area contributed by atoms with Crippen molar-refractivity contribution >= 4 is 34.4 Å².